The molecule has 338 valence electrons. The number of anilines is 4. The number of amides is 2. The lowest BCUT2D eigenvalue weighted by Gasteiger charge is -2.41. The molecule has 1 aliphatic carbocycles. The third-order valence-electron chi connectivity index (χ3n) is 14.1. The zero-order valence-electron chi connectivity index (χ0n) is 35.7. The number of pyridine rings is 1. The zero-order valence-corrected chi connectivity index (χ0v) is 36.5. The predicted molar refractivity (Wildman–Crippen MR) is 234 cm³/mol. The SMILES string of the molecule is C[C@@H]1CN(c2ncc(Cl)c(Nc3cc4c5c(c(=O)n(C)c4cc3F)OCC(F)(F)[C@H](C3CC3)N5)n2)CC[C@@H]1CN1CCC(c2cc3c(cc2F)c(C2CCC(=O)NC2=O)nn3C)CC1. The summed E-state index contributed by atoms with van der Waals surface area (Å²) in [7, 11) is 3.24. The van der Waals surface area contributed by atoms with Gasteiger partial charge in [0.25, 0.3) is 5.56 Å². The largest absolute Gasteiger partial charge is 0.480 e. The first-order valence-electron chi connectivity index (χ1n) is 22.0. The number of rotatable bonds is 8. The highest BCUT2D eigenvalue weighted by molar-refractivity contribution is 6.33. The molecule has 4 aliphatic heterocycles. The third-order valence-corrected chi connectivity index (χ3v) is 14.4. The van der Waals surface area contributed by atoms with Crippen LogP contribution in [-0.2, 0) is 23.7 Å². The minimum Gasteiger partial charge on any atom is -0.480 e. The molecule has 5 aliphatic rings. The van der Waals surface area contributed by atoms with Gasteiger partial charge in [0.2, 0.25) is 23.5 Å². The van der Waals surface area contributed by atoms with Crippen LogP contribution in [0.5, 0.6) is 5.75 Å². The Kier molecular flexibility index (Phi) is 10.7. The number of aromatic nitrogens is 5. The second-order valence-corrected chi connectivity index (χ2v) is 18.8. The molecule has 4 atom stereocenters. The molecule has 5 aromatic rings. The average Bonchev–Trinajstić information content (AvgIpc) is 4.07. The molecule has 2 aromatic carbocycles. The van der Waals surface area contributed by atoms with E-state index in [0.717, 1.165) is 44.4 Å². The summed E-state index contributed by atoms with van der Waals surface area (Å²) in [5, 5.41) is 14.0. The first-order chi connectivity index (χ1) is 30.6. The van der Waals surface area contributed by atoms with Crippen LogP contribution >= 0.6 is 11.6 Å². The fourth-order valence-electron chi connectivity index (χ4n) is 10.3. The summed E-state index contributed by atoms with van der Waals surface area (Å²) < 4.78 is 70.4. The Labute approximate surface area is 370 Å². The van der Waals surface area contributed by atoms with Crippen molar-refractivity contribution in [3.63, 3.8) is 0 Å². The predicted octanol–water partition coefficient (Wildman–Crippen LogP) is 6.97. The van der Waals surface area contributed by atoms with Crippen molar-refractivity contribution in [2.75, 3.05) is 54.9 Å². The summed E-state index contributed by atoms with van der Waals surface area (Å²) in [6.45, 7) is 5.21. The van der Waals surface area contributed by atoms with Crippen LogP contribution in [0.2, 0.25) is 5.02 Å². The number of ether oxygens (including phenoxy) is 1. The van der Waals surface area contributed by atoms with Gasteiger partial charge in [-0.3, -0.25) is 24.4 Å². The summed E-state index contributed by atoms with van der Waals surface area (Å²) in [4.78, 5) is 51.4. The van der Waals surface area contributed by atoms with E-state index in [0.29, 0.717) is 66.2 Å². The van der Waals surface area contributed by atoms with Gasteiger partial charge in [0.1, 0.15) is 16.7 Å². The van der Waals surface area contributed by atoms with Gasteiger partial charge in [0, 0.05) is 57.0 Å². The van der Waals surface area contributed by atoms with Gasteiger partial charge in [-0.25, -0.2) is 22.5 Å². The topological polar surface area (TPSA) is 152 Å². The van der Waals surface area contributed by atoms with E-state index in [1.165, 1.54) is 36.0 Å². The van der Waals surface area contributed by atoms with Crippen LogP contribution in [0.15, 0.2) is 35.3 Å². The van der Waals surface area contributed by atoms with Crippen LogP contribution in [0, 0.1) is 29.4 Å². The number of likely N-dealkylation sites (tertiary alicyclic amines) is 1. The van der Waals surface area contributed by atoms with Crippen LogP contribution in [0.1, 0.15) is 75.0 Å². The molecule has 4 fully saturated rings. The summed E-state index contributed by atoms with van der Waals surface area (Å²) in [5.74, 6) is -4.70. The molecule has 1 unspecified atom stereocenters. The average molecular weight is 905 g/mol. The molecule has 0 radical (unpaired) electrons. The second kappa shape index (κ2) is 16.2. The maximum atomic E-state index is 15.8. The molecule has 0 spiro atoms. The van der Waals surface area contributed by atoms with Gasteiger partial charge in [-0.2, -0.15) is 10.1 Å². The number of carbonyl (C=O) groups is 2. The summed E-state index contributed by atoms with van der Waals surface area (Å²) in [5.41, 5.74) is 1.57. The number of hydrogen-bond acceptors (Lipinski definition) is 11. The highest BCUT2D eigenvalue weighted by Gasteiger charge is 2.51. The van der Waals surface area contributed by atoms with E-state index in [2.05, 4.69) is 42.8 Å². The van der Waals surface area contributed by atoms with Gasteiger partial charge in [0.15, 0.2) is 12.4 Å². The van der Waals surface area contributed by atoms with Crippen LogP contribution in [0.25, 0.3) is 21.8 Å². The highest BCUT2D eigenvalue weighted by atomic mass is 35.5. The molecule has 3 N–H and O–H groups in total. The van der Waals surface area contributed by atoms with Gasteiger partial charge in [-0.05, 0) is 99.0 Å². The molecule has 0 bridgehead atoms. The third kappa shape index (κ3) is 7.69. The van der Waals surface area contributed by atoms with E-state index < -0.39 is 41.8 Å². The number of nitrogens with one attached hydrogen (secondary N) is 3. The number of aryl methyl sites for hydroxylation is 2. The normalized spacial score (nSPS) is 24.3. The number of piperidine rings is 3. The van der Waals surface area contributed by atoms with Gasteiger partial charge in [-0.15, -0.1) is 0 Å². The molecule has 14 nitrogen and oxygen atoms in total. The maximum Gasteiger partial charge on any atom is 0.301 e. The van der Waals surface area contributed by atoms with Crippen molar-refractivity contribution in [1.82, 2.24) is 34.5 Å². The van der Waals surface area contributed by atoms with Crippen LogP contribution in [-0.4, -0.2) is 92.3 Å². The van der Waals surface area contributed by atoms with Gasteiger partial charge in [-0.1, -0.05) is 18.5 Å². The number of nitrogens with zero attached hydrogens (tertiary/aromatic N) is 7. The molecule has 19 heteroatoms. The van der Waals surface area contributed by atoms with E-state index >= 15 is 17.6 Å². The number of carbonyl (C=O) groups excluding carboxylic acids is 2. The lowest BCUT2D eigenvalue weighted by atomic mass is 9.84. The number of fused-ring (bicyclic) bond motifs is 4. The van der Waals surface area contributed by atoms with Crippen molar-refractivity contribution in [2.24, 2.45) is 31.8 Å². The molecule has 64 heavy (non-hydrogen) atoms. The summed E-state index contributed by atoms with van der Waals surface area (Å²) >= 11 is 6.58. The van der Waals surface area contributed by atoms with Crippen molar-refractivity contribution in [3.8, 4) is 5.75 Å². The minimum atomic E-state index is -3.22. The highest BCUT2D eigenvalue weighted by Crippen LogP contribution is 2.46. The molecule has 2 amide bonds. The summed E-state index contributed by atoms with van der Waals surface area (Å²) in [6, 6.07) is 4.79. The monoisotopic (exact) mass is 904 g/mol. The molecular formula is C45H49ClF4N10O4. The molecule has 10 rings (SSSR count). The number of hydrogen-bond donors (Lipinski definition) is 3. The van der Waals surface area contributed by atoms with E-state index in [-0.39, 0.29) is 69.4 Å². The van der Waals surface area contributed by atoms with E-state index in [4.69, 9.17) is 21.3 Å². The number of alkyl halides is 2. The van der Waals surface area contributed by atoms with Crippen molar-refractivity contribution < 1.29 is 31.9 Å². The lowest BCUT2D eigenvalue weighted by Crippen LogP contribution is -2.45. The van der Waals surface area contributed by atoms with Gasteiger partial charge in [0.05, 0.1) is 46.3 Å². The Bertz CT molecular complexity index is 2770. The van der Waals surface area contributed by atoms with E-state index in [9.17, 15) is 14.4 Å². The van der Waals surface area contributed by atoms with Crippen molar-refractivity contribution in [1.29, 1.82) is 0 Å². The standard InChI is InChI=1S/C45H49ClF4N10O4/c1-22-19-60(13-10-25(22)20-59-11-8-23(9-12-59)27-16-35-28(14-31(27)47)37(56-58(35)3)26-6-7-36(61)53-42(26)62)44-51-18-30(46)41(55-44)52-33-15-29-34(17-32(33)48)57(2)43(63)39-38(29)54-40(24-4-5-24)45(49,50)21-64-39/h14-18,22-26,40,54H,4-13,19-21H2,1-3H3,(H,51,52,55)(H,53,61,62)/t22-,25-,26?,40+/m1/s1. The number of imide groups is 1. The van der Waals surface area contributed by atoms with Crippen LogP contribution in [0.4, 0.5) is 40.7 Å². The Morgan fingerprint density at radius 2 is 1.73 bits per heavy atom. The van der Waals surface area contributed by atoms with Crippen molar-refractivity contribution in [2.45, 2.75) is 75.7 Å². The fourth-order valence-corrected chi connectivity index (χ4v) is 10.4. The van der Waals surface area contributed by atoms with Gasteiger partial charge >= 0.3 is 5.92 Å². The fraction of sp³-hybridized carbons (Fsp3) is 0.511. The maximum absolute atomic E-state index is 15.8. The van der Waals surface area contributed by atoms with Crippen molar-refractivity contribution in [3.05, 3.63) is 68.7 Å². The Morgan fingerprint density at radius 3 is 2.47 bits per heavy atom. The van der Waals surface area contributed by atoms with Gasteiger partial charge < -0.3 is 29.7 Å². The Hall–Kier alpha value is -5.49. The Morgan fingerprint density at radius 1 is 0.953 bits per heavy atom. The summed E-state index contributed by atoms with van der Waals surface area (Å²) in [6.07, 6.45) is 5.79. The lowest BCUT2D eigenvalue weighted by molar-refractivity contribution is -0.134. The first kappa shape index (κ1) is 42.5. The number of benzene rings is 2. The van der Waals surface area contributed by atoms with E-state index in [1.54, 1.807) is 11.7 Å². The molecule has 3 saturated heterocycles. The quantitative estimate of drug-likeness (QED) is 0.109. The molecule has 7 heterocycles. The van der Waals surface area contributed by atoms with Crippen molar-refractivity contribution >= 4 is 68.4 Å². The van der Waals surface area contributed by atoms with E-state index in [1.807, 2.05) is 6.07 Å². The first-order valence-corrected chi connectivity index (χ1v) is 22.4. The minimum absolute atomic E-state index is 0.0179. The zero-order chi connectivity index (χ0) is 44.8. The molecule has 3 aromatic heterocycles. The Balaban J connectivity index is 0.794. The second-order valence-electron chi connectivity index (χ2n) is 18.4. The molecule has 1 saturated carbocycles. The molecular weight excluding hydrogens is 856 g/mol. The smallest absolute Gasteiger partial charge is 0.301 e. The van der Waals surface area contributed by atoms with Crippen LogP contribution < -0.4 is 31.1 Å². The van der Waals surface area contributed by atoms with Crippen LogP contribution in [0.3, 0.4) is 0 Å². The number of halogens is 5.